The van der Waals surface area contributed by atoms with Crippen LogP contribution in [-0.4, -0.2) is 17.0 Å². The van der Waals surface area contributed by atoms with E-state index in [-0.39, 0.29) is 23.6 Å². The Morgan fingerprint density at radius 3 is 2.20 bits per heavy atom. The topological polar surface area (TPSA) is 66.4 Å². The zero-order valence-corrected chi connectivity index (χ0v) is 11.1. The molecule has 1 aliphatic rings. The van der Waals surface area contributed by atoms with Gasteiger partial charge in [0, 0.05) is 12.5 Å². The number of halogens is 1. The number of carbonyl (C=O) groups excluding carboxylic acids is 1. The van der Waals surface area contributed by atoms with Crippen molar-refractivity contribution in [3.63, 3.8) is 0 Å². The highest BCUT2D eigenvalue weighted by atomic mass is 19.1. The molecule has 20 heavy (non-hydrogen) atoms. The molecular formula is C15H18FNO3. The molecule has 0 spiro atoms. The lowest BCUT2D eigenvalue weighted by atomic mass is 9.81. The first-order chi connectivity index (χ1) is 9.56. The van der Waals surface area contributed by atoms with Crippen molar-refractivity contribution in [3.8, 4) is 0 Å². The molecular weight excluding hydrogens is 261 g/mol. The first-order valence-electron chi connectivity index (χ1n) is 6.81. The molecule has 0 aromatic heterocycles. The Hall–Kier alpha value is -1.91. The Balaban J connectivity index is 1.78. The summed E-state index contributed by atoms with van der Waals surface area (Å²) in [5, 5.41) is 11.7. The van der Waals surface area contributed by atoms with Crippen LogP contribution < -0.4 is 5.32 Å². The maximum absolute atomic E-state index is 12.7. The zero-order chi connectivity index (χ0) is 14.5. The van der Waals surface area contributed by atoms with Crippen LogP contribution in [0, 0.1) is 17.7 Å². The number of carboxylic acids is 1. The first-order valence-corrected chi connectivity index (χ1v) is 6.81. The quantitative estimate of drug-likeness (QED) is 0.889. The number of hydrogen-bond acceptors (Lipinski definition) is 2. The molecule has 1 aromatic rings. The van der Waals surface area contributed by atoms with Crippen molar-refractivity contribution in [1.82, 2.24) is 5.32 Å². The van der Waals surface area contributed by atoms with Crippen LogP contribution in [0.5, 0.6) is 0 Å². The van der Waals surface area contributed by atoms with Gasteiger partial charge in [-0.1, -0.05) is 12.1 Å². The van der Waals surface area contributed by atoms with E-state index in [1.807, 2.05) is 0 Å². The summed E-state index contributed by atoms with van der Waals surface area (Å²) in [6.07, 6.45) is 2.35. The van der Waals surface area contributed by atoms with E-state index in [0.717, 1.165) is 5.56 Å². The van der Waals surface area contributed by atoms with Gasteiger partial charge >= 0.3 is 5.97 Å². The minimum Gasteiger partial charge on any atom is -0.481 e. The number of aliphatic carboxylic acids is 1. The van der Waals surface area contributed by atoms with Crippen molar-refractivity contribution in [2.75, 3.05) is 0 Å². The standard InChI is InChI=1S/C15H18FNO3/c16-13-7-1-10(2-8-13)9-17-14(18)11-3-5-12(6-4-11)15(19)20/h1-2,7-8,11-12H,3-6,9H2,(H,17,18)(H,19,20). The number of hydrogen-bond donors (Lipinski definition) is 2. The van der Waals surface area contributed by atoms with E-state index in [4.69, 9.17) is 5.11 Å². The summed E-state index contributed by atoms with van der Waals surface area (Å²) < 4.78 is 12.7. The first kappa shape index (κ1) is 14.5. The van der Waals surface area contributed by atoms with E-state index in [1.165, 1.54) is 12.1 Å². The third-order valence-corrected chi connectivity index (χ3v) is 3.83. The molecule has 108 valence electrons. The molecule has 0 bridgehead atoms. The number of nitrogens with one attached hydrogen (secondary N) is 1. The largest absolute Gasteiger partial charge is 0.481 e. The predicted molar refractivity (Wildman–Crippen MR) is 71.3 cm³/mol. The second-order valence-electron chi connectivity index (χ2n) is 5.23. The van der Waals surface area contributed by atoms with Crippen LogP contribution in [0.3, 0.4) is 0 Å². The van der Waals surface area contributed by atoms with Gasteiger partial charge in [-0.25, -0.2) is 4.39 Å². The van der Waals surface area contributed by atoms with Gasteiger partial charge in [-0.15, -0.1) is 0 Å². The van der Waals surface area contributed by atoms with Gasteiger partial charge in [-0.2, -0.15) is 0 Å². The van der Waals surface area contributed by atoms with Crippen LogP contribution in [0.2, 0.25) is 0 Å². The highest BCUT2D eigenvalue weighted by Gasteiger charge is 2.29. The molecule has 2 N–H and O–H groups in total. The molecule has 0 unspecified atom stereocenters. The van der Waals surface area contributed by atoms with Crippen molar-refractivity contribution in [3.05, 3.63) is 35.6 Å². The molecule has 1 fully saturated rings. The second-order valence-corrected chi connectivity index (χ2v) is 5.23. The molecule has 4 nitrogen and oxygen atoms in total. The maximum atomic E-state index is 12.7. The fourth-order valence-corrected chi connectivity index (χ4v) is 2.54. The van der Waals surface area contributed by atoms with E-state index >= 15 is 0 Å². The summed E-state index contributed by atoms with van der Waals surface area (Å²) in [7, 11) is 0. The smallest absolute Gasteiger partial charge is 0.306 e. The molecule has 1 aromatic carbocycles. The molecule has 1 aliphatic carbocycles. The molecule has 1 amide bonds. The number of carboxylic acid groups (broad SMARTS) is 1. The Morgan fingerprint density at radius 2 is 1.65 bits per heavy atom. The molecule has 1 saturated carbocycles. The fourth-order valence-electron chi connectivity index (χ4n) is 2.54. The average molecular weight is 279 g/mol. The van der Waals surface area contributed by atoms with Crippen LogP contribution in [0.25, 0.3) is 0 Å². The SMILES string of the molecule is O=C(O)C1CCC(C(=O)NCc2ccc(F)cc2)CC1. The van der Waals surface area contributed by atoms with Gasteiger partial charge in [0.1, 0.15) is 5.82 Å². The maximum Gasteiger partial charge on any atom is 0.306 e. The van der Waals surface area contributed by atoms with Crippen molar-refractivity contribution < 1.29 is 19.1 Å². The highest BCUT2D eigenvalue weighted by Crippen LogP contribution is 2.29. The molecule has 0 atom stereocenters. The number of amides is 1. The summed E-state index contributed by atoms with van der Waals surface area (Å²) >= 11 is 0. The highest BCUT2D eigenvalue weighted by molar-refractivity contribution is 5.79. The van der Waals surface area contributed by atoms with Crippen molar-refractivity contribution >= 4 is 11.9 Å². The monoisotopic (exact) mass is 279 g/mol. The van der Waals surface area contributed by atoms with Crippen molar-refractivity contribution in [1.29, 1.82) is 0 Å². The summed E-state index contributed by atoms with van der Waals surface area (Å²) in [4.78, 5) is 22.8. The van der Waals surface area contributed by atoms with Gasteiger partial charge in [0.25, 0.3) is 0 Å². The van der Waals surface area contributed by atoms with Gasteiger partial charge in [-0.3, -0.25) is 9.59 Å². The normalized spacial score (nSPS) is 22.2. The van der Waals surface area contributed by atoms with Gasteiger partial charge in [0.2, 0.25) is 5.91 Å². The predicted octanol–water partition coefficient (Wildman–Crippen LogP) is 2.33. The Kier molecular flexibility index (Phi) is 4.71. The molecule has 0 aliphatic heterocycles. The zero-order valence-electron chi connectivity index (χ0n) is 11.1. The lowest BCUT2D eigenvalue weighted by molar-refractivity contribution is -0.144. The molecule has 2 rings (SSSR count). The fraction of sp³-hybridized carbons (Fsp3) is 0.467. The van der Waals surface area contributed by atoms with Crippen LogP contribution in [0.15, 0.2) is 24.3 Å². The Morgan fingerprint density at radius 1 is 1.10 bits per heavy atom. The molecule has 0 radical (unpaired) electrons. The second kappa shape index (κ2) is 6.50. The van der Waals surface area contributed by atoms with Gasteiger partial charge in [0.15, 0.2) is 0 Å². The van der Waals surface area contributed by atoms with E-state index in [0.29, 0.717) is 32.2 Å². The molecule has 0 heterocycles. The third-order valence-electron chi connectivity index (χ3n) is 3.83. The minimum atomic E-state index is -0.768. The Bertz CT molecular complexity index is 478. The lowest BCUT2D eigenvalue weighted by Gasteiger charge is -2.25. The van der Waals surface area contributed by atoms with Crippen LogP contribution in [0.1, 0.15) is 31.2 Å². The van der Waals surface area contributed by atoms with Crippen LogP contribution in [0.4, 0.5) is 4.39 Å². The summed E-state index contributed by atoms with van der Waals surface area (Å²) in [5.41, 5.74) is 0.846. The minimum absolute atomic E-state index is 0.0434. The summed E-state index contributed by atoms with van der Waals surface area (Å²) in [6.45, 7) is 0.373. The molecule has 5 heteroatoms. The lowest BCUT2D eigenvalue weighted by Crippen LogP contribution is -2.34. The van der Waals surface area contributed by atoms with Gasteiger partial charge in [-0.05, 0) is 43.4 Å². The Labute approximate surface area is 117 Å². The van der Waals surface area contributed by atoms with Crippen LogP contribution >= 0.6 is 0 Å². The third kappa shape index (κ3) is 3.79. The van der Waals surface area contributed by atoms with E-state index in [9.17, 15) is 14.0 Å². The summed E-state index contributed by atoms with van der Waals surface area (Å²) in [5.74, 6) is -1.53. The van der Waals surface area contributed by atoms with Gasteiger partial charge in [0.05, 0.1) is 5.92 Å². The number of carbonyl (C=O) groups is 2. The summed E-state index contributed by atoms with van der Waals surface area (Å²) in [6, 6.07) is 5.99. The molecule has 0 saturated heterocycles. The van der Waals surface area contributed by atoms with E-state index in [2.05, 4.69) is 5.32 Å². The van der Waals surface area contributed by atoms with E-state index in [1.54, 1.807) is 12.1 Å². The average Bonchev–Trinajstić information content (AvgIpc) is 2.46. The van der Waals surface area contributed by atoms with Crippen molar-refractivity contribution in [2.24, 2.45) is 11.8 Å². The van der Waals surface area contributed by atoms with Gasteiger partial charge < -0.3 is 10.4 Å². The number of benzene rings is 1. The van der Waals surface area contributed by atoms with Crippen LogP contribution in [-0.2, 0) is 16.1 Å². The van der Waals surface area contributed by atoms with Crippen molar-refractivity contribution in [2.45, 2.75) is 32.2 Å². The number of rotatable bonds is 4. The van der Waals surface area contributed by atoms with E-state index < -0.39 is 5.97 Å².